The molecule has 0 spiro atoms. The molecule has 0 aliphatic rings. The molecule has 2 aromatic rings. The lowest BCUT2D eigenvalue weighted by molar-refractivity contribution is -0.114. The molecule has 208 valence electrons. The van der Waals surface area contributed by atoms with Crippen LogP contribution in [0.2, 0.25) is 0 Å². The van der Waals surface area contributed by atoms with E-state index in [4.69, 9.17) is 14.2 Å². The highest BCUT2D eigenvalue weighted by molar-refractivity contribution is 6.03. The maximum atomic E-state index is 12.7. The van der Waals surface area contributed by atoms with Gasteiger partial charge in [-0.05, 0) is 61.2 Å². The standard InChI is InChI=1S/C31H44N2O5/c1-7-8-9-10-11-12-13-14-19-38-31-27(36-5)20-25(21-28(31)37-6)16-18-29(35)33-30-22(2)15-17-26(23(30)3)32-24(4)34/h15-18,20-21H,7-14,19H2,1-6H3,(H,32,34)(H,33,35)/b18-16+. The molecule has 0 unspecified atom stereocenters. The number of anilines is 2. The van der Waals surface area contributed by atoms with Crippen molar-refractivity contribution >= 4 is 29.3 Å². The van der Waals surface area contributed by atoms with Gasteiger partial charge in [0.2, 0.25) is 17.6 Å². The first-order valence-corrected chi connectivity index (χ1v) is 13.6. The first-order chi connectivity index (χ1) is 18.3. The summed E-state index contributed by atoms with van der Waals surface area (Å²) in [4.78, 5) is 24.2. The molecular weight excluding hydrogens is 480 g/mol. The van der Waals surface area contributed by atoms with Gasteiger partial charge in [-0.15, -0.1) is 0 Å². The predicted molar refractivity (Wildman–Crippen MR) is 156 cm³/mol. The van der Waals surface area contributed by atoms with Crippen molar-refractivity contribution in [3.05, 3.63) is 47.0 Å². The maximum Gasteiger partial charge on any atom is 0.248 e. The number of amides is 2. The molecule has 2 amide bonds. The summed E-state index contributed by atoms with van der Waals surface area (Å²) in [6.45, 7) is 8.05. The van der Waals surface area contributed by atoms with Gasteiger partial charge in [0.05, 0.1) is 20.8 Å². The molecule has 0 aliphatic carbocycles. The number of carbonyl (C=O) groups is 2. The lowest BCUT2D eigenvalue weighted by atomic mass is 10.1. The molecule has 0 heterocycles. The number of rotatable bonds is 16. The molecule has 7 nitrogen and oxygen atoms in total. The summed E-state index contributed by atoms with van der Waals surface area (Å²) in [5.74, 6) is 1.23. The number of ether oxygens (including phenoxy) is 3. The molecule has 0 saturated heterocycles. The molecule has 2 aromatic carbocycles. The fraction of sp³-hybridized carbons (Fsp3) is 0.484. The first kappa shape index (κ1) is 30.7. The van der Waals surface area contributed by atoms with Gasteiger partial charge in [0.1, 0.15) is 0 Å². The lowest BCUT2D eigenvalue weighted by Gasteiger charge is -2.16. The number of nitrogens with one attached hydrogen (secondary N) is 2. The van der Waals surface area contributed by atoms with Gasteiger partial charge in [0, 0.05) is 24.4 Å². The average Bonchev–Trinajstić information content (AvgIpc) is 2.90. The highest BCUT2D eigenvalue weighted by Crippen LogP contribution is 2.39. The number of unbranched alkanes of at least 4 members (excludes halogenated alkanes) is 7. The Hall–Kier alpha value is -3.48. The van der Waals surface area contributed by atoms with E-state index in [9.17, 15) is 9.59 Å². The van der Waals surface area contributed by atoms with Gasteiger partial charge in [-0.3, -0.25) is 9.59 Å². The second kappa shape index (κ2) is 16.4. The van der Waals surface area contributed by atoms with Gasteiger partial charge >= 0.3 is 0 Å². The van der Waals surface area contributed by atoms with Crippen molar-refractivity contribution in [2.24, 2.45) is 0 Å². The topological polar surface area (TPSA) is 85.9 Å². The van der Waals surface area contributed by atoms with Crippen molar-refractivity contribution in [2.75, 3.05) is 31.5 Å². The van der Waals surface area contributed by atoms with Crippen LogP contribution in [0.3, 0.4) is 0 Å². The average molecular weight is 525 g/mol. The van der Waals surface area contributed by atoms with Crippen LogP contribution < -0.4 is 24.8 Å². The Labute approximate surface area is 227 Å². The number of hydrogen-bond acceptors (Lipinski definition) is 5. The van der Waals surface area contributed by atoms with Crippen LogP contribution in [0.25, 0.3) is 6.08 Å². The fourth-order valence-electron chi connectivity index (χ4n) is 4.25. The van der Waals surface area contributed by atoms with Crippen molar-refractivity contribution in [3.8, 4) is 17.2 Å². The fourth-order valence-corrected chi connectivity index (χ4v) is 4.25. The monoisotopic (exact) mass is 524 g/mol. The summed E-state index contributed by atoms with van der Waals surface area (Å²) in [6.07, 6.45) is 13.0. The summed E-state index contributed by atoms with van der Waals surface area (Å²) >= 11 is 0. The number of hydrogen-bond donors (Lipinski definition) is 2. The lowest BCUT2D eigenvalue weighted by Crippen LogP contribution is -2.13. The van der Waals surface area contributed by atoms with Crippen LogP contribution in [0.1, 0.15) is 81.9 Å². The normalized spacial score (nSPS) is 10.9. The van der Waals surface area contributed by atoms with Crippen LogP contribution >= 0.6 is 0 Å². The van der Waals surface area contributed by atoms with E-state index in [1.54, 1.807) is 20.3 Å². The molecule has 38 heavy (non-hydrogen) atoms. The summed E-state index contributed by atoms with van der Waals surface area (Å²) in [5.41, 5.74) is 3.78. The van der Waals surface area contributed by atoms with Crippen LogP contribution in [0.5, 0.6) is 17.2 Å². The zero-order valence-electron chi connectivity index (χ0n) is 23.9. The molecule has 0 fully saturated rings. The molecule has 0 saturated carbocycles. The summed E-state index contributed by atoms with van der Waals surface area (Å²) in [7, 11) is 3.18. The third-order valence-electron chi connectivity index (χ3n) is 6.39. The second-order valence-electron chi connectivity index (χ2n) is 9.51. The van der Waals surface area contributed by atoms with Crippen molar-refractivity contribution in [1.29, 1.82) is 0 Å². The van der Waals surface area contributed by atoms with Gasteiger partial charge in [-0.1, -0.05) is 57.9 Å². The van der Waals surface area contributed by atoms with Crippen molar-refractivity contribution in [3.63, 3.8) is 0 Å². The zero-order valence-corrected chi connectivity index (χ0v) is 23.9. The minimum Gasteiger partial charge on any atom is -0.493 e. The van der Waals surface area contributed by atoms with Crippen LogP contribution in [0.4, 0.5) is 11.4 Å². The maximum absolute atomic E-state index is 12.7. The Balaban J connectivity index is 2.02. The Kier molecular flexibility index (Phi) is 13.3. The largest absolute Gasteiger partial charge is 0.493 e. The minimum atomic E-state index is -0.288. The third kappa shape index (κ3) is 9.77. The number of aryl methyl sites for hydroxylation is 1. The summed E-state index contributed by atoms with van der Waals surface area (Å²) in [6, 6.07) is 7.33. The van der Waals surface area contributed by atoms with Gasteiger partial charge in [0.15, 0.2) is 11.5 Å². The highest BCUT2D eigenvalue weighted by atomic mass is 16.5. The molecule has 0 aliphatic heterocycles. The van der Waals surface area contributed by atoms with E-state index >= 15 is 0 Å². The molecule has 0 aromatic heterocycles. The quantitative estimate of drug-likeness (QED) is 0.176. The summed E-state index contributed by atoms with van der Waals surface area (Å²) in [5, 5.41) is 5.71. The van der Waals surface area contributed by atoms with E-state index in [-0.39, 0.29) is 11.8 Å². The van der Waals surface area contributed by atoms with Crippen LogP contribution in [-0.4, -0.2) is 32.6 Å². The number of benzene rings is 2. The van der Waals surface area contributed by atoms with E-state index in [0.717, 1.165) is 29.5 Å². The number of carbonyl (C=O) groups excluding carboxylic acids is 2. The SMILES string of the molecule is CCCCCCCCCCOc1c(OC)cc(/C=C/C(=O)Nc2c(C)ccc(NC(C)=O)c2C)cc1OC. The Morgan fingerprint density at radius 1 is 0.868 bits per heavy atom. The first-order valence-electron chi connectivity index (χ1n) is 13.6. The van der Waals surface area contributed by atoms with E-state index < -0.39 is 0 Å². The third-order valence-corrected chi connectivity index (χ3v) is 6.39. The Bertz CT molecular complexity index is 1070. The Morgan fingerprint density at radius 2 is 1.47 bits per heavy atom. The van der Waals surface area contributed by atoms with E-state index in [1.165, 1.54) is 51.5 Å². The summed E-state index contributed by atoms with van der Waals surface area (Å²) < 4.78 is 17.2. The van der Waals surface area contributed by atoms with Crippen LogP contribution in [0.15, 0.2) is 30.3 Å². The predicted octanol–water partition coefficient (Wildman–Crippen LogP) is 7.45. The smallest absolute Gasteiger partial charge is 0.248 e. The molecule has 0 atom stereocenters. The van der Waals surface area contributed by atoms with Crippen LogP contribution in [-0.2, 0) is 9.59 Å². The molecular formula is C31H44N2O5. The minimum absolute atomic E-state index is 0.165. The Morgan fingerprint density at radius 3 is 2.05 bits per heavy atom. The van der Waals surface area contributed by atoms with Gasteiger partial charge in [0.25, 0.3) is 0 Å². The van der Waals surface area contributed by atoms with Crippen molar-refractivity contribution < 1.29 is 23.8 Å². The zero-order chi connectivity index (χ0) is 27.9. The van der Waals surface area contributed by atoms with Crippen molar-refractivity contribution in [2.45, 2.75) is 79.1 Å². The van der Waals surface area contributed by atoms with E-state index in [2.05, 4.69) is 17.6 Å². The molecule has 2 rings (SSSR count). The van der Waals surface area contributed by atoms with Gasteiger partial charge in [-0.2, -0.15) is 0 Å². The molecule has 7 heteroatoms. The van der Waals surface area contributed by atoms with E-state index in [1.807, 2.05) is 38.1 Å². The van der Waals surface area contributed by atoms with Crippen LogP contribution in [0, 0.1) is 13.8 Å². The second-order valence-corrected chi connectivity index (χ2v) is 9.51. The van der Waals surface area contributed by atoms with Gasteiger partial charge in [-0.25, -0.2) is 0 Å². The molecule has 2 N–H and O–H groups in total. The number of methoxy groups -OCH3 is 2. The molecule has 0 radical (unpaired) electrons. The molecule has 0 bridgehead atoms. The van der Waals surface area contributed by atoms with Crippen molar-refractivity contribution in [1.82, 2.24) is 0 Å². The van der Waals surface area contributed by atoms with Gasteiger partial charge < -0.3 is 24.8 Å². The van der Waals surface area contributed by atoms with E-state index in [0.29, 0.717) is 35.2 Å². The highest BCUT2D eigenvalue weighted by Gasteiger charge is 2.14.